The van der Waals surface area contributed by atoms with Crippen LogP contribution in [0.15, 0.2) is 80.7 Å². The summed E-state index contributed by atoms with van der Waals surface area (Å²) in [6.07, 6.45) is 1.57. The molecule has 0 bridgehead atoms. The van der Waals surface area contributed by atoms with Crippen LogP contribution in [0.2, 0.25) is 0 Å². The van der Waals surface area contributed by atoms with E-state index >= 15 is 0 Å². The molecule has 0 saturated heterocycles. The van der Waals surface area contributed by atoms with Crippen LogP contribution in [0.3, 0.4) is 0 Å². The van der Waals surface area contributed by atoms with Gasteiger partial charge in [-0.15, -0.1) is 0 Å². The van der Waals surface area contributed by atoms with Gasteiger partial charge in [0.25, 0.3) is 5.91 Å². The molecule has 11 heteroatoms. The number of anilines is 1. The minimum absolute atomic E-state index is 0.0698. The van der Waals surface area contributed by atoms with Gasteiger partial charge in [-0.3, -0.25) is 4.79 Å². The molecule has 4 rings (SSSR count). The number of hydrogen-bond donors (Lipinski definition) is 1. The van der Waals surface area contributed by atoms with Gasteiger partial charge in [0, 0.05) is 5.56 Å². The fourth-order valence-corrected chi connectivity index (χ4v) is 3.83. The van der Waals surface area contributed by atoms with Crippen LogP contribution < -0.4 is 10.1 Å². The molecular weight excluding hydrogens is 472 g/mol. The standard InChI is InChI=1S/C24H18N4O6S/c1-15-21(23(29)28(27-15)18-6-9-20(10-7-18)35(26,31)32)14-19-8-11-22(34-19)16-2-4-17(5-3-16)24(30)33-13-12-25/h2-11,14H,13H2,1H3,(H2,26,31,32)/b21-14+. The van der Waals surface area contributed by atoms with E-state index in [9.17, 15) is 18.0 Å². The van der Waals surface area contributed by atoms with E-state index in [1.807, 2.05) is 0 Å². The number of ether oxygens (including phenoxy) is 1. The number of primary sulfonamides is 1. The molecule has 0 saturated carbocycles. The van der Waals surface area contributed by atoms with Crippen molar-refractivity contribution in [1.29, 1.82) is 5.26 Å². The normalized spacial score (nSPS) is 14.7. The first kappa shape index (κ1) is 23.6. The molecule has 2 N–H and O–H groups in total. The molecule has 176 valence electrons. The van der Waals surface area contributed by atoms with Crippen molar-refractivity contribution in [2.45, 2.75) is 11.8 Å². The topological polar surface area (TPSA) is 156 Å². The van der Waals surface area contributed by atoms with Crippen molar-refractivity contribution >= 4 is 39.4 Å². The van der Waals surface area contributed by atoms with Gasteiger partial charge in [-0.2, -0.15) is 15.4 Å². The monoisotopic (exact) mass is 490 g/mol. The van der Waals surface area contributed by atoms with Crippen LogP contribution >= 0.6 is 0 Å². The third-order valence-corrected chi connectivity index (χ3v) is 5.99. The highest BCUT2D eigenvalue weighted by molar-refractivity contribution is 7.89. The van der Waals surface area contributed by atoms with Crippen LogP contribution in [0, 0.1) is 11.3 Å². The Morgan fingerprint density at radius 1 is 1.14 bits per heavy atom. The smallest absolute Gasteiger partial charge is 0.339 e. The number of carbonyl (C=O) groups is 2. The summed E-state index contributed by atoms with van der Waals surface area (Å²) >= 11 is 0. The molecule has 1 aromatic heterocycles. The fourth-order valence-electron chi connectivity index (χ4n) is 3.32. The second kappa shape index (κ2) is 9.38. The molecule has 1 amide bonds. The van der Waals surface area contributed by atoms with Crippen molar-refractivity contribution in [2.75, 3.05) is 11.6 Å². The maximum Gasteiger partial charge on any atom is 0.339 e. The Labute approximate surface area is 200 Å². The Morgan fingerprint density at radius 3 is 2.46 bits per heavy atom. The second-order valence-corrected chi connectivity index (χ2v) is 8.97. The average molecular weight is 490 g/mol. The number of amides is 1. The summed E-state index contributed by atoms with van der Waals surface area (Å²) < 4.78 is 33.5. The highest BCUT2D eigenvalue weighted by atomic mass is 32.2. The first-order valence-corrected chi connectivity index (χ1v) is 11.7. The number of furan rings is 1. The summed E-state index contributed by atoms with van der Waals surface area (Å²) in [5, 5.41) is 19.1. The molecule has 0 radical (unpaired) electrons. The number of sulfonamides is 1. The lowest BCUT2D eigenvalue weighted by Gasteiger charge is -2.11. The SMILES string of the molecule is CC1=NN(c2ccc(S(N)(=O)=O)cc2)C(=O)/C1=C/c1ccc(-c2ccc(C(=O)OCC#N)cc2)o1. The van der Waals surface area contributed by atoms with E-state index in [4.69, 9.17) is 19.6 Å². The zero-order chi connectivity index (χ0) is 25.2. The summed E-state index contributed by atoms with van der Waals surface area (Å²) in [5.41, 5.74) is 2.17. The van der Waals surface area contributed by atoms with Crippen molar-refractivity contribution in [3.63, 3.8) is 0 Å². The third kappa shape index (κ3) is 5.03. The number of benzene rings is 2. The van der Waals surface area contributed by atoms with E-state index in [2.05, 4.69) is 5.10 Å². The molecule has 3 aromatic rings. The number of nitrogens with two attached hydrogens (primary N) is 1. The van der Waals surface area contributed by atoms with Crippen molar-refractivity contribution in [2.24, 2.45) is 10.2 Å². The van der Waals surface area contributed by atoms with E-state index in [0.717, 1.165) is 0 Å². The molecule has 2 heterocycles. The number of rotatable bonds is 6. The highest BCUT2D eigenvalue weighted by Crippen LogP contribution is 2.28. The van der Waals surface area contributed by atoms with Gasteiger partial charge in [-0.1, -0.05) is 12.1 Å². The summed E-state index contributed by atoms with van der Waals surface area (Å²) in [7, 11) is -3.85. The predicted octanol–water partition coefficient (Wildman–Crippen LogP) is 3.08. The van der Waals surface area contributed by atoms with Gasteiger partial charge in [-0.05, 0) is 61.5 Å². The molecule has 0 atom stereocenters. The number of esters is 1. The molecule has 0 aliphatic carbocycles. The summed E-state index contributed by atoms with van der Waals surface area (Å²) in [4.78, 5) is 24.7. The molecule has 0 fully saturated rings. The molecule has 2 aromatic carbocycles. The van der Waals surface area contributed by atoms with E-state index in [-0.39, 0.29) is 11.5 Å². The minimum Gasteiger partial charge on any atom is -0.457 e. The Morgan fingerprint density at radius 2 is 1.83 bits per heavy atom. The number of nitrogens with zero attached hydrogens (tertiary/aromatic N) is 3. The maximum absolute atomic E-state index is 13.0. The van der Waals surface area contributed by atoms with Crippen LogP contribution in [0.4, 0.5) is 5.69 Å². The van der Waals surface area contributed by atoms with Crippen molar-refractivity contribution in [3.05, 3.63) is 77.6 Å². The number of hydrazone groups is 1. The summed E-state index contributed by atoms with van der Waals surface area (Å²) in [6.45, 7) is 1.35. The minimum atomic E-state index is -3.85. The van der Waals surface area contributed by atoms with Gasteiger partial charge in [-0.25, -0.2) is 18.4 Å². The quantitative estimate of drug-likeness (QED) is 0.411. The van der Waals surface area contributed by atoms with Gasteiger partial charge in [0.2, 0.25) is 10.0 Å². The van der Waals surface area contributed by atoms with Crippen LogP contribution in [0.1, 0.15) is 23.0 Å². The van der Waals surface area contributed by atoms with Crippen molar-refractivity contribution in [3.8, 4) is 17.4 Å². The highest BCUT2D eigenvalue weighted by Gasteiger charge is 2.29. The van der Waals surface area contributed by atoms with E-state index in [1.54, 1.807) is 55.5 Å². The van der Waals surface area contributed by atoms with E-state index in [0.29, 0.717) is 39.6 Å². The Balaban J connectivity index is 1.52. The van der Waals surface area contributed by atoms with E-state index in [1.165, 1.54) is 29.3 Å². The maximum atomic E-state index is 13.0. The lowest BCUT2D eigenvalue weighted by molar-refractivity contribution is -0.114. The van der Waals surface area contributed by atoms with Gasteiger partial charge in [0.1, 0.15) is 17.6 Å². The molecule has 35 heavy (non-hydrogen) atoms. The van der Waals surface area contributed by atoms with Crippen LogP contribution in [0.25, 0.3) is 17.4 Å². The summed E-state index contributed by atoms with van der Waals surface area (Å²) in [6, 6.07) is 17.1. The number of hydrogen-bond acceptors (Lipinski definition) is 8. The van der Waals surface area contributed by atoms with E-state index < -0.39 is 21.9 Å². The lowest BCUT2D eigenvalue weighted by atomic mass is 10.1. The van der Waals surface area contributed by atoms with Crippen molar-refractivity contribution in [1.82, 2.24) is 0 Å². The molecule has 1 aliphatic rings. The van der Waals surface area contributed by atoms with Crippen LogP contribution in [-0.2, 0) is 19.6 Å². The Hall–Kier alpha value is -4.53. The first-order valence-electron chi connectivity index (χ1n) is 10.2. The van der Waals surface area contributed by atoms with Gasteiger partial charge in [0.05, 0.1) is 27.4 Å². The van der Waals surface area contributed by atoms with Gasteiger partial charge < -0.3 is 9.15 Å². The Bertz CT molecular complexity index is 1510. The average Bonchev–Trinajstić information content (AvgIpc) is 3.42. The molecule has 10 nitrogen and oxygen atoms in total. The van der Waals surface area contributed by atoms with Crippen LogP contribution in [-0.4, -0.2) is 32.6 Å². The third-order valence-electron chi connectivity index (χ3n) is 5.06. The molecule has 0 unspecified atom stereocenters. The lowest BCUT2D eigenvalue weighted by Crippen LogP contribution is -2.21. The van der Waals surface area contributed by atoms with Crippen LogP contribution in [0.5, 0.6) is 0 Å². The number of nitriles is 1. The summed E-state index contributed by atoms with van der Waals surface area (Å²) in [5.74, 6) is -0.0588. The zero-order valence-electron chi connectivity index (χ0n) is 18.3. The van der Waals surface area contributed by atoms with Gasteiger partial charge in [0.15, 0.2) is 6.61 Å². The second-order valence-electron chi connectivity index (χ2n) is 7.41. The number of carbonyl (C=O) groups excluding carboxylic acids is 2. The largest absolute Gasteiger partial charge is 0.457 e. The zero-order valence-corrected chi connectivity index (χ0v) is 19.2. The molecule has 1 aliphatic heterocycles. The van der Waals surface area contributed by atoms with Crippen molar-refractivity contribution < 1.29 is 27.2 Å². The first-order chi connectivity index (χ1) is 16.7. The molecule has 0 spiro atoms. The molecular formula is C24H18N4O6S. The predicted molar refractivity (Wildman–Crippen MR) is 126 cm³/mol. The van der Waals surface area contributed by atoms with Gasteiger partial charge >= 0.3 is 5.97 Å². The fraction of sp³-hybridized carbons (Fsp3) is 0.0833. The Kier molecular flexibility index (Phi) is 6.33.